The highest BCUT2D eigenvalue weighted by atomic mass is 14.0. The maximum absolute atomic E-state index is 4.19. The minimum atomic E-state index is 1.28. The lowest BCUT2D eigenvalue weighted by Gasteiger charge is -2.05. The highest BCUT2D eigenvalue weighted by molar-refractivity contribution is 4.93. The zero-order chi connectivity index (χ0) is 12.1. The highest BCUT2D eigenvalue weighted by Gasteiger charge is 1.96. The van der Waals surface area contributed by atoms with Crippen molar-refractivity contribution in [3.63, 3.8) is 0 Å². The van der Waals surface area contributed by atoms with E-state index in [1.807, 2.05) is 0 Å². The maximum Gasteiger partial charge on any atom is -0.0323 e. The topological polar surface area (TPSA) is 0 Å². The number of hydrogen-bond acceptors (Lipinski definition) is 0. The van der Waals surface area contributed by atoms with Crippen LogP contribution in [0.25, 0.3) is 0 Å². The van der Waals surface area contributed by atoms with Crippen LogP contribution >= 0.6 is 0 Å². The van der Waals surface area contributed by atoms with E-state index in [0.29, 0.717) is 0 Å². The van der Waals surface area contributed by atoms with E-state index < -0.39 is 0 Å². The molecule has 0 aliphatic heterocycles. The van der Waals surface area contributed by atoms with Gasteiger partial charge in [-0.05, 0) is 25.7 Å². The molecule has 0 rings (SSSR count). The Labute approximate surface area is 104 Å². The molecule has 0 aromatic heterocycles. The monoisotopic (exact) mass is 224 g/mol. The average molecular weight is 224 g/mol. The van der Waals surface area contributed by atoms with E-state index in [1.165, 1.54) is 82.6 Å². The van der Waals surface area contributed by atoms with Crippen molar-refractivity contribution < 1.29 is 0 Å². The molecule has 0 aromatic rings. The summed E-state index contributed by atoms with van der Waals surface area (Å²) in [7, 11) is 0. The van der Waals surface area contributed by atoms with Gasteiger partial charge in [0.15, 0.2) is 0 Å². The first-order chi connectivity index (χ1) is 7.81. The van der Waals surface area contributed by atoms with E-state index in [9.17, 15) is 0 Å². The van der Waals surface area contributed by atoms with Gasteiger partial charge in [0.05, 0.1) is 0 Å². The van der Waals surface area contributed by atoms with Gasteiger partial charge in [0.25, 0.3) is 0 Å². The molecule has 0 nitrogen and oxygen atoms in total. The third kappa shape index (κ3) is 11.8. The van der Waals surface area contributed by atoms with Crippen LogP contribution in [0.2, 0.25) is 0 Å². The Kier molecular flexibility index (Phi) is 12.6. The number of hydrogen-bond donors (Lipinski definition) is 0. The van der Waals surface area contributed by atoms with Gasteiger partial charge < -0.3 is 0 Å². The van der Waals surface area contributed by atoms with E-state index in [4.69, 9.17) is 0 Å². The molecule has 0 N–H and O–H groups in total. The van der Waals surface area contributed by atoms with Crippen molar-refractivity contribution in [1.29, 1.82) is 0 Å². The first-order valence-electron chi connectivity index (χ1n) is 7.47. The molecule has 0 bridgehead atoms. The van der Waals surface area contributed by atoms with Gasteiger partial charge in [-0.1, -0.05) is 77.4 Å². The molecule has 0 heterocycles. The van der Waals surface area contributed by atoms with Gasteiger partial charge in [-0.15, -0.1) is 0 Å². The second-order valence-corrected chi connectivity index (χ2v) is 5.08. The summed E-state index contributed by atoms with van der Waals surface area (Å²) < 4.78 is 0. The predicted molar refractivity (Wildman–Crippen MR) is 75.9 cm³/mol. The molecular formula is C16H32. The average Bonchev–Trinajstić information content (AvgIpc) is 2.28. The molecule has 0 spiro atoms. The van der Waals surface area contributed by atoms with Gasteiger partial charge >= 0.3 is 0 Å². The van der Waals surface area contributed by atoms with Crippen LogP contribution in [0.4, 0.5) is 0 Å². The number of allylic oxidation sites excluding steroid dienone is 1. The van der Waals surface area contributed by atoms with Crippen LogP contribution in [-0.4, -0.2) is 0 Å². The molecule has 0 saturated carbocycles. The molecule has 0 aromatic carbocycles. The Balaban J connectivity index is 3.12. The Morgan fingerprint density at radius 2 is 1.00 bits per heavy atom. The summed E-state index contributed by atoms with van der Waals surface area (Å²) in [5, 5.41) is 0. The van der Waals surface area contributed by atoms with Crippen LogP contribution in [-0.2, 0) is 0 Å². The van der Waals surface area contributed by atoms with E-state index >= 15 is 0 Å². The van der Waals surface area contributed by atoms with E-state index in [0.717, 1.165) is 0 Å². The van der Waals surface area contributed by atoms with Crippen LogP contribution in [0.1, 0.15) is 90.9 Å². The third-order valence-corrected chi connectivity index (χ3v) is 3.27. The molecule has 96 valence electrons. The van der Waals surface area contributed by atoms with E-state index in [1.54, 1.807) is 0 Å². The molecule has 0 radical (unpaired) electrons. The normalized spacial score (nSPS) is 10.6. The van der Waals surface area contributed by atoms with Crippen LogP contribution in [0.15, 0.2) is 12.2 Å². The zero-order valence-electron chi connectivity index (χ0n) is 11.7. The summed E-state index contributed by atoms with van der Waals surface area (Å²) in [6.45, 7) is 8.74. The second kappa shape index (κ2) is 12.8. The van der Waals surface area contributed by atoms with Crippen molar-refractivity contribution in [2.75, 3.05) is 0 Å². The Hall–Kier alpha value is -0.260. The molecule has 16 heavy (non-hydrogen) atoms. The van der Waals surface area contributed by atoms with Gasteiger partial charge in [-0.25, -0.2) is 0 Å². The minimum Gasteiger partial charge on any atom is -0.0999 e. The Bertz CT molecular complexity index is 130. The first kappa shape index (κ1) is 15.7. The summed E-state index contributed by atoms with van der Waals surface area (Å²) in [4.78, 5) is 0. The molecule has 0 unspecified atom stereocenters. The van der Waals surface area contributed by atoms with Crippen molar-refractivity contribution in [2.45, 2.75) is 90.9 Å². The summed E-state index contributed by atoms with van der Waals surface area (Å²) in [5.41, 5.74) is 1.49. The smallest absolute Gasteiger partial charge is 0.0323 e. The van der Waals surface area contributed by atoms with Crippen LogP contribution in [0.3, 0.4) is 0 Å². The third-order valence-electron chi connectivity index (χ3n) is 3.27. The fraction of sp³-hybridized carbons (Fsp3) is 0.875. The number of unbranched alkanes of at least 4 members (excludes halogenated alkanes) is 8. The molecule has 0 fully saturated rings. The summed E-state index contributed by atoms with van der Waals surface area (Å²) in [6, 6.07) is 0. The summed E-state index contributed by atoms with van der Waals surface area (Å²) in [6.07, 6.45) is 16.4. The van der Waals surface area contributed by atoms with Crippen molar-refractivity contribution in [3.05, 3.63) is 12.2 Å². The standard InChI is InChI=1S/C16H32/c1-4-6-8-10-12-14-16(3)15-13-11-9-7-5-2/h3-15H2,1-2H3. The molecule has 0 aliphatic rings. The molecule has 0 amide bonds. The lowest BCUT2D eigenvalue weighted by Crippen LogP contribution is -1.85. The SMILES string of the molecule is C=C(CCCCCCC)CCCCCCC. The first-order valence-corrected chi connectivity index (χ1v) is 7.47. The second-order valence-electron chi connectivity index (χ2n) is 5.08. The van der Waals surface area contributed by atoms with Crippen LogP contribution in [0.5, 0.6) is 0 Å². The van der Waals surface area contributed by atoms with E-state index in [-0.39, 0.29) is 0 Å². The maximum atomic E-state index is 4.19. The minimum absolute atomic E-state index is 1.28. The fourth-order valence-corrected chi connectivity index (χ4v) is 2.08. The van der Waals surface area contributed by atoms with Crippen molar-refractivity contribution in [2.24, 2.45) is 0 Å². The van der Waals surface area contributed by atoms with Crippen LogP contribution < -0.4 is 0 Å². The zero-order valence-corrected chi connectivity index (χ0v) is 11.7. The Morgan fingerprint density at radius 1 is 0.625 bits per heavy atom. The summed E-state index contributed by atoms with van der Waals surface area (Å²) >= 11 is 0. The van der Waals surface area contributed by atoms with Gasteiger partial charge in [-0.2, -0.15) is 0 Å². The highest BCUT2D eigenvalue weighted by Crippen LogP contribution is 2.16. The van der Waals surface area contributed by atoms with Crippen molar-refractivity contribution in [1.82, 2.24) is 0 Å². The van der Waals surface area contributed by atoms with Crippen molar-refractivity contribution >= 4 is 0 Å². The molecule has 0 atom stereocenters. The fourth-order valence-electron chi connectivity index (χ4n) is 2.08. The lowest BCUT2D eigenvalue weighted by molar-refractivity contribution is 0.601. The quantitative estimate of drug-likeness (QED) is 0.271. The molecule has 0 aliphatic carbocycles. The molecule has 0 heteroatoms. The van der Waals surface area contributed by atoms with Gasteiger partial charge in [-0.3, -0.25) is 0 Å². The molecular weight excluding hydrogens is 192 g/mol. The van der Waals surface area contributed by atoms with E-state index in [2.05, 4.69) is 20.4 Å². The van der Waals surface area contributed by atoms with Gasteiger partial charge in [0, 0.05) is 0 Å². The van der Waals surface area contributed by atoms with Crippen LogP contribution in [0, 0.1) is 0 Å². The molecule has 0 saturated heterocycles. The van der Waals surface area contributed by atoms with Gasteiger partial charge in [0.1, 0.15) is 0 Å². The largest absolute Gasteiger partial charge is 0.0999 e. The predicted octanol–water partition coefficient (Wildman–Crippen LogP) is 6.26. The number of rotatable bonds is 12. The van der Waals surface area contributed by atoms with Crippen molar-refractivity contribution in [3.8, 4) is 0 Å². The summed E-state index contributed by atoms with van der Waals surface area (Å²) in [5.74, 6) is 0. The van der Waals surface area contributed by atoms with Gasteiger partial charge in [0.2, 0.25) is 0 Å². The lowest BCUT2D eigenvalue weighted by atomic mass is 10.0. The Morgan fingerprint density at radius 3 is 1.38 bits per heavy atom.